The van der Waals surface area contributed by atoms with E-state index in [0.717, 1.165) is 5.56 Å². The standard InChI is InChI=1S/C22H13N3O5S/c1-29-17-5-2-13(3-6-17)8-15(11-23)21-24-19(12-31-21)18-10-14-9-16(25(27)28)4-7-20(14)30-22(18)26/h2-10,12H,1H3. The summed E-state index contributed by atoms with van der Waals surface area (Å²) in [6, 6.07) is 14.8. The maximum absolute atomic E-state index is 12.4. The molecule has 2 aromatic carbocycles. The van der Waals surface area contributed by atoms with E-state index in [1.807, 2.05) is 12.1 Å². The number of non-ortho nitro benzene ring substituents is 1. The highest BCUT2D eigenvalue weighted by Gasteiger charge is 2.15. The largest absolute Gasteiger partial charge is 0.497 e. The highest BCUT2D eigenvalue weighted by atomic mass is 32.1. The van der Waals surface area contributed by atoms with Crippen LogP contribution >= 0.6 is 11.3 Å². The van der Waals surface area contributed by atoms with Gasteiger partial charge in [-0.2, -0.15) is 5.26 Å². The van der Waals surface area contributed by atoms with Crippen LogP contribution in [0.5, 0.6) is 5.75 Å². The molecule has 0 spiro atoms. The Morgan fingerprint density at radius 3 is 2.71 bits per heavy atom. The molecule has 0 N–H and O–H groups in total. The van der Waals surface area contributed by atoms with Gasteiger partial charge in [-0.1, -0.05) is 12.1 Å². The van der Waals surface area contributed by atoms with Crippen LogP contribution in [0.1, 0.15) is 10.6 Å². The number of nitriles is 1. The molecule has 0 aliphatic rings. The number of aromatic nitrogens is 1. The van der Waals surface area contributed by atoms with Gasteiger partial charge in [0.25, 0.3) is 5.69 Å². The number of benzene rings is 2. The number of hydrogen-bond donors (Lipinski definition) is 0. The van der Waals surface area contributed by atoms with Gasteiger partial charge >= 0.3 is 5.63 Å². The lowest BCUT2D eigenvalue weighted by Crippen LogP contribution is -2.03. The maximum Gasteiger partial charge on any atom is 0.345 e. The molecule has 4 aromatic rings. The average molecular weight is 431 g/mol. The minimum Gasteiger partial charge on any atom is -0.497 e. The number of methoxy groups -OCH3 is 1. The van der Waals surface area contributed by atoms with E-state index in [4.69, 9.17) is 9.15 Å². The fourth-order valence-corrected chi connectivity index (χ4v) is 3.72. The van der Waals surface area contributed by atoms with E-state index in [1.165, 1.54) is 35.6 Å². The average Bonchev–Trinajstić information content (AvgIpc) is 3.26. The van der Waals surface area contributed by atoms with Crippen molar-refractivity contribution in [3.8, 4) is 23.1 Å². The Kier molecular flexibility index (Phi) is 5.30. The first-order chi connectivity index (χ1) is 15.0. The monoisotopic (exact) mass is 431 g/mol. The minimum absolute atomic E-state index is 0.111. The number of nitro benzene ring substituents is 1. The number of nitrogens with zero attached hydrogens (tertiary/aromatic N) is 3. The molecule has 8 nitrogen and oxygen atoms in total. The summed E-state index contributed by atoms with van der Waals surface area (Å²) in [4.78, 5) is 27.3. The van der Waals surface area contributed by atoms with Gasteiger partial charge in [-0.15, -0.1) is 11.3 Å². The van der Waals surface area contributed by atoms with Crippen LogP contribution in [-0.4, -0.2) is 17.0 Å². The molecule has 0 radical (unpaired) electrons. The normalized spacial score (nSPS) is 11.3. The van der Waals surface area contributed by atoms with Gasteiger partial charge < -0.3 is 9.15 Å². The molecule has 0 saturated carbocycles. The van der Waals surface area contributed by atoms with Gasteiger partial charge in [0.05, 0.1) is 28.9 Å². The molecule has 9 heteroatoms. The predicted molar refractivity (Wildman–Crippen MR) is 117 cm³/mol. The second-order valence-electron chi connectivity index (χ2n) is 6.41. The quantitative estimate of drug-likeness (QED) is 0.191. The van der Waals surface area contributed by atoms with Crippen molar-refractivity contribution in [1.29, 1.82) is 5.26 Å². The number of ether oxygens (including phenoxy) is 1. The first kappa shape index (κ1) is 20.0. The highest BCUT2D eigenvalue weighted by Crippen LogP contribution is 2.28. The van der Waals surface area contributed by atoms with Crippen molar-refractivity contribution >= 4 is 39.6 Å². The van der Waals surface area contributed by atoms with Crippen LogP contribution in [0.3, 0.4) is 0 Å². The topological polar surface area (TPSA) is 119 Å². The van der Waals surface area contributed by atoms with Gasteiger partial charge in [0.15, 0.2) is 0 Å². The number of nitro groups is 1. The lowest BCUT2D eigenvalue weighted by atomic mass is 10.1. The Balaban J connectivity index is 1.73. The summed E-state index contributed by atoms with van der Waals surface area (Å²) in [6.45, 7) is 0. The molecule has 2 aromatic heterocycles. The van der Waals surface area contributed by atoms with Crippen LogP contribution in [0.25, 0.3) is 33.9 Å². The summed E-state index contributed by atoms with van der Waals surface area (Å²) in [5.41, 5.74) is 1.15. The molecular weight excluding hydrogens is 418 g/mol. The van der Waals surface area contributed by atoms with Crippen LogP contribution in [0, 0.1) is 21.4 Å². The van der Waals surface area contributed by atoms with E-state index < -0.39 is 10.5 Å². The van der Waals surface area contributed by atoms with E-state index in [9.17, 15) is 20.2 Å². The van der Waals surface area contributed by atoms with Gasteiger partial charge in [-0.3, -0.25) is 10.1 Å². The van der Waals surface area contributed by atoms with E-state index >= 15 is 0 Å². The summed E-state index contributed by atoms with van der Waals surface area (Å²) in [6.07, 6.45) is 1.69. The van der Waals surface area contributed by atoms with Crippen molar-refractivity contribution < 1.29 is 14.1 Å². The number of thiazole rings is 1. The number of hydrogen-bond acceptors (Lipinski definition) is 8. The molecular formula is C22H13N3O5S. The van der Waals surface area contributed by atoms with Gasteiger partial charge in [0.2, 0.25) is 0 Å². The lowest BCUT2D eigenvalue weighted by molar-refractivity contribution is -0.384. The zero-order chi connectivity index (χ0) is 22.0. The molecule has 0 amide bonds. The van der Waals surface area contributed by atoms with Gasteiger partial charge in [0.1, 0.15) is 22.4 Å². The molecule has 0 saturated heterocycles. The molecule has 0 atom stereocenters. The van der Waals surface area contributed by atoms with Crippen LogP contribution in [0.15, 0.2) is 63.1 Å². The Hall–Kier alpha value is -4.29. The fraction of sp³-hybridized carbons (Fsp3) is 0.0455. The molecule has 31 heavy (non-hydrogen) atoms. The molecule has 0 fully saturated rings. The van der Waals surface area contributed by atoms with Crippen LogP contribution in [0.2, 0.25) is 0 Å². The maximum atomic E-state index is 12.4. The van der Waals surface area contributed by atoms with E-state index in [0.29, 0.717) is 27.4 Å². The van der Waals surface area contributed by atoms with Crippen molar-refractivity contribution in [2.75, 3.05) is 7.11 Å². The van der Waals surface area contributed by atoms with Crippen molar-refractivity contribution in [3.63, 3.8) is 0 Å². The third-order valence-corrected chi connectivity index (χ3v) is 5.36. The third-order valence-electron chi connectivity index (χ3n) is 4.48. The van der Waals surface area contributed by atoms with E-state index in [1.54, 1.807) is 30.7 Å². The van der Waals surface area contributed by atoms with Gasteiger partial charge in [-0.05, 0) is 35.9 Å². The fourth-order valence-electron chi connectivity index (χ4n) is 2.93. The van der Waals surface area contributed by atoms with Gasteiger partial charge in [0, 0.05) is 22.9 Å². The first-order valence-electron chi connectivity index (χ1n) is 8.93. The molecule has 2 heterocycles. The zero-order valence-electron chi connectivity index (χ0n) is 16.1. The molecule has 0 aliphatic heterocycles. The second-order valence-corrected chi connectivity index (χ2v) is 7.27. The third kappa shape index (κ3) is 4.05. The van der Waals surface area contributed by atoms with E-state index in [2.05, 4.69) is 11.1 Å². The van der Waals surface area contributed by atoms with Crippen LogP contribution in [-0.2, 0) is 0 Å². The predicted octanol–water partition coefficient (Wildman–Crippen LogP) is 4.90. The summed E-state index contributed by atoms with van der Waals surface area (Å²) in [5, 5.41) is 23.1. The van der Waals surface area contributed by atoms with Gasteiger partial charge in [-0.25, -0.2) is 9.78 Å². The summed E-state index contributed by atoms with van der Waals surface area (Å²) < 4.78 is 10.4. The first-order valence-corrected chi connectivity index (χ1v) is 9.81. The van der Waals surface area contributed by atoms with Crippen LogP contribution < -0.4 is 10.4 Å². The van der Waals surface area contributed by atoms with E-state index in [-0.39, 0.29) is 16.8 Å². The number of allylic oxidation sites excluding steroid dienone is 1. The number of fused-ring (bicyclic) bond motifs is 1. The Morgan fingerprint density at radius 1 is 1.26 bits per heavy atom. The minimum atomic E-state index is -0.615. The SMILES string of the molecule is COc1ccc(C=C(C#N)c2nc(-c3cc4cc([N+](=O)[O-])ccc4oc3=O)cs2)cc1. The van der Waals surface area contributed by atoms with Crippen molar-refractivity contribution in [3.05, 3.63) is 85.0 Å². The van der Waals surface area contributed by atoms with Crippen molar-refractivity contribution in [1.82, 2.24) is 4.98 Å². The smallest absolute Gasteiger partial charge is 0.345 e. The highest BCUT2D eigenvalue weighted by molar-refractivity contribution is 7.11. The summed E-state index contributed by atoms with van der Waals surface area (Å²) >= 11 is 1.21. The Bertz CT molecular complexity index is 1430. The Labute approximate surface area is 179 Å². The second kappa shape index (κ2) is 8.22. The molecule has 0 aliphatic carbocycles. The van der Waals surface area contributed by atoms with Crippen molar-refractivity contribution in [2.24, 2.45) is 0 Å². The lowest BCUT2D eigenvalue weighted by Gasteiger charge is -2.01. The molecule has 0 bridgehead atoms. The Morgan fingerprint density at radius 2 is 2.03 bits per heavy atom. The summed E-state index contributed by atoms with van der Waals surface area (Å²) in [7, 11) is 1.57. The molecule has 4 rings (SSSR count). The summed E-state index contributed by atoms with van der Waals surface area (Å²) in [5.74, 6) is 0.704. The van der Waals surface area contributed by atoms with Crippen LogP contribution in [0.4, 0.5) is 5.69 Å². The number of rotatable bonds is 5. The molecule has 0 unspecified atom stereocenters. The zero-order valence-corrected chi connectivity index (χ0v) is 16.9. The van der Waals surface area contributed by atoms with Crippen molar-refractivity contribution in [2.45, 2.75) is 0 Å². The molecule has 152 valence electrons.